The molecule has 4 N–H and O–H groups in total. The summed E-state index contributed by atoms with van der Waals surface area (Å²) in [5.74, 6) is 3.64. The predicted molar refractivity (Wildman–Crippen MR) is 201 cm³/mol. The average Bonchev–Trinajstić information content (AvgIpc) is 3.15. The Labute approximate surface area is 309 Å². The van der Waals surface area contributed by atoms with E-state index >= 15 is 0 Å². The quantitative estimate of drug-likeness (QED) is 0.0986. The van der Waals surface area contributed by atoms with Gasteiger partial charge in [-0.25, -0.2) is 4.89 Å². The van der Waals surface area contributed by atoms with Crippen molar-refractivity contribution in [3.05, 3.63) is 0 Å². The Morgan fingerprint density at radius 2 is 1.02 bits per heavy atom. The molecule has 0 aromatic rings. The second kappa shape index (κ2) is 20.5. The molecule has 6 saturated carbocycles. The van der Waals surface area contributed by atoms with Crippen LogP contribution < -0.4 is 10.8 Å². The molecule has 0 bridgehead atoms. The summed E-state index contributed by atoms with van der Waals surface area (Å²) >= 11 is 0. The number of carboxylic acid groups (broad SMARTS) is 1. The molecule has 0 saturated heterocycles. The van der Waals surface area contributed by atoms with Gasteiger partial charge in [0.1, 0.15) is 0 Å². The second-order valence-corrected chi connectivity index (χ2v) is 18.8. The van der Waals surface area contributed by atoms with E-state index in [4.69, 9.17) is 4.84 Å². The molecular weight excluding hydrogens is 640 g/mol. The third kappa shape index (κ3) is 12.1. The van der Waals surface area contributed by atoms with Gasteiger partial charge in [-0.05, 0) is 150 Å². The summed E-state index contributed by atoms with van der Waals surface area (Å²) in [6, 6.07) is 0.634. The van der Waals surface area contributed by atoms with Gasteiger partial charge < -0.3 is 15.3 Å². The Morgan fingerprint density at radius 1 is 0.510 bits per heavy atom. The number of hydroxylamine groups is 1. The summed E-state index contributed by atoms with van der Waals surface area (Å²) in [6.07, 6.45) is 32.8. The lowest BCUT2D eigenvalue weighted by molar-refractivity contribution is -0.257. The third-order valence-corrected chi connectivity index (χ3v) is 15.2. The van der Waals surface area contributed by atoms with Crippen molar-refractivity contribution in [3.8, 4) is 0 Å². The van der Waals surface area contributed by atoms with Crippen LogP contribution in [0.3, 0.4) is 0 Å². The van der Waals surface area contributed by atoms with Crippen molar-refractivity contribution in [2.24, 2.45) is 59.2 Å². The molecular formula is C43H74N2O6. The van der Waals surface area contributed by atoms with Gasteiger partial charge in [0, 0.05) is 12.1 Å². The summed E-state index contributed by atoms with van der Waals surface area (Å²) in [4.78, 5) is 36.5. The zero-order chi connectivity index (χ0) is 35.4. The molecule has 0 radical (unpaired) electrons. The van der Waals surface area contributed by atoms with Crippen molar-refractivity contribution in [1.29, 1.82) is 0 Å². The summed E-state index contributed by atoms with van der Waals surface area (Å²) in [6.45, 7) is 1.14. The minimum Gasteiger partial charge on any atom is -0.481 e. The summed E-state index contributed by atoms with van der Waals surface area (Å²) in [5.41, 5.74) is 3.43. The number of rotatable bonds is 15. The fraction of sp³-hybridized carbons (Fsp3) is 0.953. The second-order valence-electron chi connectivity index (χ2n) is 18.8. The summed E-state index contributed by atoms with van der Waals surface area (Å²) in [5, 5.41) is 22.7. The normalized spacial score (nSPS) is 37.5. The highest BCUT2D eigenvalue weighted by Gasteiger charge is 2.41. The molecule has 0 heterocycles. The number of nitrogens with one attached hydrogen (secondary N) is 2. The smallest absolute Gasteiger partial charge is 0.307 e. The molecule has 0 aromatic heterocycles. The molecule has 6 aliphatic carbocycles. The number of carbonyl (C=O) groups is 2. The van der Waals surface area contributed by atoms with E-state index in [0.29, 0.717) is 43.4 Å². The van der Waals surface area contributed by atoms with Crippen LogP contribution in [0.25, 0.3) is 0 Å². The maximum absolute atomic E-state index is 13.4. The van der Waals surface area contributed by atoms with Crippen LogP contribution in [0.2, 0.25) is 0 Å². The van der Waals surface area contributed by atoms with E-state index in [0.717, 1.165) is 68.1 Å². The topological polar surface area (TPSA) is 117 Å². The van der Waals surface area contributed by atoms with E-state index in [1.165, 1.54) is 128 Å². The molecule has 6 atom stereocenters. The van der Waals surface area contributed by atoms with Gasteiger partial charge in [0.25, 0.3) is 0 Å². The number of hydrogen-bond donors (Lipinski definition) is 4. The van der Waals surface area contributed by atoms with Crippen molar-refractivity contribution in [2.75, 3.05) is 13.2 Å². The zero-order valence-corrected chi connectivity index (χ0v) is 32.0. The van der Waals surface area contributed by atoms with Gasteiger partial charge in [0.2, 0.25) is 5.91 Å². The molecule has 51 heavy (non-hydrogen) atoms. The molecule has 0 aliphatic heterocycles. The van der Waals surface area contributed by atoms with Crippen molar-refractivity contribution in [1.82, 2.24) is 10.8 Å². The molecule has 6 unspecified atom stereocenters. The molecule has 8 heteroatoms. The van der Waals surface area contributed by atoms with E-state index in [9.17, 15) is 20.0 Å². The van der Waals surface area contributed by atoms with Crippen molar-refractivity contribution in [2.45, 2.75) is 185 Å². The Morgan fingerprint density at radius 3 is 1.61 bits per heavy atom. The largest absolute Gasteiger partial charge is 0.481 e. The fourth-order valence-corrected chi connectivity index (χ4v) is 12.1. The lowest BCUT2D eigenvalue weighted by Crippen LogP contribution is -2.46. The molecule has 1 amide bonds. The molecule has 0 spiro atoms. The first-order chi connectivity index (χ1) is 24.9. The Bertz CT molecular complexity index is 1030. The lowest BCUT2D eigenvalue weighted by Gasteiger charge is -2.38. The fourth-order valence-electron chi connectivity index (χ4n) is 12.1. The van der Waals surface area contributed by atoms with Gasteiger partial charge >= 0.3 is 5.97 Å². The zero-order valence-electron chi connectivity index (χ0n) is 32.0. The van der Waals surface area contributed by atoms with Crippen LogP contribution in [0.1, 0.15) is 173 Å². The van der Waals surface area contributed by atoms with Gasteiger partial charge in [-0.1, -0.05) is 70.6 Å². The van der Waals surface area contributed by atoms with Crippen LogP contribution in [-0.4, -0.2) is 47.5 Å². The lowest BCUT2D eigenvalue weighted by atomic mass is 9.69. The van der Waals surface area contributed by atoms with E-state index < -0.39 is 11.9 Å². The number of aliphatic carboxylic acids is 1. The third-order valence-electron chi connectivity index (χ3n) is 15.2. The highest BCUT2D eigenvalue weighted by molar-refractivity contribution is 5.85. The Hall–Kier alpha value is -1.22. The SMILES string of the molecule is O=C(O)C1CC(CC2CCCCC2)CCC1C(=O)NC1CCC(CC2CCC(NOCC3CCC(CC4CCCCC4)CC3COO)CC2)CC1. The number of carboxylic acids is 1. The first kappa shape index (κ1) is 39.5. The molecule has 6 aliphatic rings. The first-order valence-electron chi connectivity index (χ1n) is 22.1. The van der Waals surface area contributed by atoms with Crippen molar-refractivity contribution < 1.29 is 29.7 Å². The molecule has 8 nitrogen and oxygen atoms in total. The number of amides is 1. The van der Waals surface area contributed by atoms with Crippen LogP contribution in [0.15, 0.2) is 0 Å². The highest BCUT2D eigenvalue weighted by Crippen LogP contribution is 2.42. The van der Waals surface area contributed by atoms with Crippen LogP contribution >= 0.6 is 0 Å². The number of hydrogen-bond acceptors (Lipinski definition) is 6. The average molecular weight is 715 g/mol. The maximum atomic E-state index is 13.4. The van der Waals surface area contributed by atoms with Gasteiger partial charge in [0.15, 0.2) is 0 Å². The van der Waals surface area contributed by atoms with Crippen LogP contribution in [0.5, 0.6) is 0 Å². The minimum absolute atomic E-state index is 0.00889. The van der Waals surface area contributed by atoms with Gasteiger partial charge in [0.05, 0.1) is 25.0 Å². The van der Waals surface area contributed by atoms with Gasteiger partial charge in [-0.3, -0.25) is 14.8 Å². The molecule has 6 rings (SSSR count). The van der Waals surface area contributed by atoms with Crippen LogP contribution in [0.4, 0.5) is 0 Å². The van der Waals surface area contributed by atoms with E-state index in [-0.39, 0.29) is 17.9 Å². The van der Waals surface area contributed by atoms with E-state index in [1.807, 2.05) is 0 Å². The molecule has 6 fully saturated rings. The van der Waals surface area contributed by atoms with Gasteiger partial charge in [-0.15, -0.1) is 0 Å². The van der Waals surface area contributed by atoms with E-state index in [1.54, 1.807) is 0 Å². The summed E-state index contributed by atoms with van der Waals surface area (Å²) in [7, 11) is 0. The number of carbonyl (C=O) groups excluding carboxylic acids is 1. The highest BCUT2D eigenvalue weighted by atomic mass is 17.1. The summed E-state index contributed by atoms with van der Waals surface area (Å²) < 4.78 is 0. The molecule has 0 aromatic carbocycles. The molecule has 292 valence electrons. The maximum Gasteiger partial charge on any atom is 0.307 e. The predicted octanol–water partition coefficient (Wildman–Crippen LogP) is 9.71. The monoisotopic (exact) mass is 715 g/mol. The minimum atomic E-state index is -0.771. The van der Waals surface area contributed by atoms with Crippen molar-refractivity contribution >= 4 is 11.9 Å². The first-order valence-corrected chi connectivity index (χ1v) is 22.1. The van der Waals surface area contributed by atoms with Crippen LogP contribution in [-0.2, 0) is 19.3 Å². The van der Waals surface area contributed by atoms with Crippen LogP contribution in [0, 0.1) is 59.2 Å². The van der Waals surface area contributed by atoms with E-state index in [2.05, 4.69) is 15.7 Å². The van der Waals surface area contributed by atoms with Gasteiger partial charge in [-0.2, -0.15) is 5.48 Å². The standard InChI is InChI=1S/C43H74N2O6/c46-42(40-22-16-35(27-41(40)43(47)48)25-31-9-5-2-6-10-31)44-38-18-12-32(13-19-38)23-33-14-20-39(21-15-33)45-50-28-36-17-11-34(26-37(36)29-51-49)24-30-7-3-1-4-8-30/h30-41,45,49H,1-29H2,(H,44,46)(H,47,48). The Balaban J connectivity index is 0.832. The Kier molecular flexibility index (Phi) is 15.8. The van der Waals surface area contributed by atoms with Crippen molar-refractivity contribution in [3.63, 3.8) is 0 Å².